The number of hydrogen-bond donors (Lipinski definition) is 1. The minimum atomic E-state index is 0.0132. The molecule has 1 amide bonds. The number of rotatable bonds is 6. The first kappa shape index (κ1) is 15.9. The quantitative estimate of drug-likeness (QED) is 0.878. The number of nitrogens with one attached hydrogen (secondary N) is 1. The lowest BCUT2D eigenvalue weighted by atomic mass is 10.2. The Morgan fingerprint density at radius 3 is 3.14 bits per heavy atom. The molecule has 1 saturated heterocycles. The second-order valence-electron chi connectivity index (χ2n) is 5.34. The summed E-state index contributed by atoms with van der Waals surface area (Å²) >= 11 is 2.01. The van der Waals surface area contributed by atoms with E-state index < -0.39 is 0 Å². The van der Waals surface area contributed by atoms with Crippen LogP contribution in [-0.2, 0) is 4.79 Å². The predicted molar refractivity (Wildman–Crippen MR) is 87.4 cm³/mol. The van der Waals surface area contributed by atoms with Gasteiger partial charge in [0.1, 0.15) is 0 Å². The minimum absolute atomic E-state index is 0.0132. The lowest BCUT2D eigenvalue weighted by Crippen LogP contribution is -2.32. The average Bonchev–Trinajstić information content (AvgIpc) is 3.01. The maximum absolute atomic E-state index is 11.9. The summed E-state index contributed by atoms with van der Waals surface area (Å²) in [4.78, 5) is 14.3. The van der Waals surface area contributed by atoms with E-state index in [9.17, 15) is 4.79 Å². The molecule has 4 nitrogen and oxygen atoms in total. The lowest BCUT2D eigenvalue weighted by Gasteiger charge is -2.23. The number of nitriles is 1. The Kier molecular flexibility index (Phi) is 6.09. The molecule has 1 fully saturated rings. The largest absolute Gasteiger partial charge is 0.326 e. The fourth-order valence-electron chi connectivity index (χ4n) is 2.43. The van der Waals surface area contributed by atoms with E-state index >= 15 is 0 Å². The van der Waals surface area contributed by atoms with Crippen LogP contribution in [0.3, 0.4) is 0 Å². The van der Waals surface area contributed by atoms with Gasteiger partial charge in [-0.2, -0.15) is 17.0 Å². The number of carbonyl (C=O) groups is 1. The highest BCUT2D eigenvalue weighted by Gasteiger charge is 2.19. The van der Waals surface area contributed by atoms with Gasteiger partial charge < -0.3 is 10.2 Å². The highest BCUT2D eigenvalue weighted by atomic mass is 32.2. The zero-order chi connectivity index (χ0) is 15.1. The summed E-state index contributed by atoms with van der Waals surface area (Å²) in [5.74, 6) is 2.48. The molecule has 1 aliphatic rings. The Bertz CT molecular complexity index is 520. The van der Waals surface area contributed by atoms with Gasteiger partial charge in [0, 0.05) is 23.9 Å². The van der Waals surface area contributed by atoms with E-state index in [0.717, 1.165) is 13.0 Å². The number of nitrogens with zero attached hydrogens (tertiary/aromatic N) is 2. The molecule has 0 aromatic heterocycles. The smallest absolute Gasteiger partial charge is 0.224 e. The van der Waals surface area contributed by atoms with Crippen LogP contribution in [0.2, 0.25) is 0 Å². The molecule has 112 valence electrons. The fraction of sp³-hybridized carbons (Fsp3) is 0.500. The standard InChI is InChI=1S/C16H21N3OS/c1-19(15-7-9-21-12-15)8-3-6-16(20)18-14-5-2-4-13(10-14)11-17/h2,4-5,10,15H,3,6-9,12H2,1H3,(H,18,20). The highest BCUT2D eigenvalue weighted by Crippen LogP contribution is 2.21. The first-order valence-corrected chi connectivity index (χ1v) is 8.42. The second-order valence-corrected chi connectivity index (χ2v) is 6.49. The van der Waals surface area contributed by atoms with Crippen LogP contribution < -0.4 is 5.32 Å². The zero-order valence-corrected chi connectivity index (χ0v) is 13.2. The predicted octanol–water partition coefficient (Wildman–Crippen LogP) is 2.71. The normalized spacial score (nSPS) is 17.7. The van der Waals surface area contributed by atoms with Crippen LogP contribution in [0, 0.1) is 11.3 Å². The van der Waals surface area contributed by atoms with Crippen LogP contribution in [0.1, 0.15) is 24.8 Å². The van der Waals surface area contributed by atoms with Crippen molar-refractivity contribution < 1.29 is 4.79 Å². The Hall–Kier alpha value is -1.51. The van der Waals surface area contributed by atoms with Crippen molar-refractivity contribution in [2.75, 3.05) is 30.4 Å². The Balaban J connectivity index is 1.70. The summed E-state index contributed by atoms with van der Waals surface area (Å²) in [7, 11) is 2.14. The van der Waals surface area contributed by atoms with E-state index in [1.165, 1.54) is 17.9 Å². The number of hydrogen-bond acceptors (Lipinski definition) is 4. The molecular formula is C16H21N3OS. The summed E-state index contributed by atoms with van der Waals surface area (Å²) in [5, 5.41) is 11.7. The van der Waals surface area contributed by atoms with E-state index in [-0.39, 0.29) is 5.91 Å². The maximum atomic E-state index is 11.9. The number of anilines is 1. The molecule has 5 heteroatoms. The summed E-state index contributed by atoms with van der Waals surface area (Å²) in [6.07, 6.45) is 2.64. The zero-order valence-electron chi connectivity index (χ0n) is 12.3. The molecule has 1 N–H and O–H groups in total. The van der Waals surface area contributed by atoms with Crippen LogP contribution >= 0.6 is 11.8 Å². The summed E-state index contributed by atoms with van der Waals surface area (Å²) in [6.45, 7) is 0.955. The van der Waals surface area contributed by atoms with Gasteiger partial charge in [0.05, 0.1) is 11.6 Å². The third-order valence-corrected chi connectivity index (χ3v) is 4.86. The Morgan fingerprint density at radius 2 is 2.43 bits per heavy atom. The van der Waals surface area contributed by atoms with Crippen LogP contribution in [0.5, 0.6) is 0 Å². The van der Waals surface area contributed by atoms with Gasteiger partial charge in [-0.25, -0.2) is 0 Å². The molecule has 1 aromatic carbocycles. The monoisotopic (exact) mass is 303 g/mol. The van der Waals surface area contributed by atoms with Crippen molar-refractivity contribution >= 4 is 23.4 Å². The van der Waals surface area contributed by atoms with Gasteiger partial charge >= 0.3 is 0 Å². The fourth-order valence-corrected chi connectivity index (χ4v) is 3.73. The average molecular weight is 303 g/mol. The number of benzene rings is 1. The van der Waals surface area contributed by atoms with Gasteiger partial charge in [-0.05, 0) is 50.4 Å². The number of carbonyl (C=O) groups excluding carboxylic acids is 1. The summed E-state index contributed by atoms with van der Waals surface area (Å²) < 4.78 is 0. The maximum Gasteiger partial charge on any atom is 0.224 e. The van der Waals surface area contributed by atoms with Crippen LogP contribution in [0.25, 0.3) is 0 Å². The molecule has 2 rings (SSSR count). The number of thioether (sulfide) groups is 1. The van der Waals surface area contributed by atoms with Gasteiger partial charge in [-0.15, -0.1) is 0 Å². The first-order chi connectivity index (χ1) is 10.2. The van der Waals surface area contributed by atoms with Crippen molar-refractivity contribution in [3.63, 3.8) is 0 Å². The molecule has 1 aromatic rings. The minimum Gasteiger partial charge on any atom is -0.326 e. The van der Waals surface area contributed by atoms with E-state index in [2.05, 4.69) is 23.3 Å². The molecule has 0 saturated carbocycles. The van der Waals surface area contributed by atoms with E-state index in [1.807, 2.05) is 11.8 Å². The molecule has 0 aliphatic carbocycles. The summed E-state index contributed by atoms with van der Waals surface area (Å²) in [5.41, 5.74) is 1.26. The molecule has 1 aliphatic heterocycles. The molecule has 0 radical (unpaired) electrons. The summed E-state index contributed by atoms with van der Waals surface area (Å²) in [6, 6.07) is 9.75. The van der Waals surface area contributed by atoms with E-state index in [0.29, 0.717) is 23.7 Å². The van der Waals surface area contributed by atoms with Gasteiger partial charge in [-0.3, -0.25) is 4.79 Å². The van der Waals surface area contributed by atoms with Crippen molar-refractivity contribution in [3.8, 4) is 6.07 Å². The molecule has 21 heavy (non-hydrogen) atoms. The van der Waals surface area contributed by atoms with Crippen LogP contribution in [-0.4, -0.2) is 41.9 Å². The van der Waals surface area contributed by atoms with Gasteiger partial charge in [0.15, 0.2) is 0 Å². The Morgan fingerprint density at radius 1 is 1.57 bits per heavy atom. The molecular weight excluding hydrogens is 282 g/mol. The molecule has 0 spiro atoms. The van der Waals surface area contributed by atoms with Crippen LogP contribution in [0.4, 0.5) is 5.69 Å². The topological polar surface area (TPSA) is 56.1 Å². The second kappa shape index (κ2) is 8.06. The molecule has 1 unspecified atom stereocenters. The molecule has 0 bridgehead atoms. The van der Waals surface area contributed by atoms with E-state index in [1.54, 1.807) is 24.3 Å². The van der Waals surface area contributed by atoms with Gasteiger partial charge in [-0.1, -0.05) is 6.07 Å². The van der Waals surface area contributed by atoms with Crippen molar-refractivity contribution in [3.05, 3.63) is 29.8 Å². The number of amides is 1. The Labute approximate surface area is 130 Å². The first-order valence-electron chi connectivity index (χ1n) is 7.27. The van der Waals surface area contributed by atoms with Gasteiger partial charge in [0.2, 0.25) is 5.91 Å². The van der Waals surface area contributed by atoms with E-state index in [4.69, 9.17) is 5.26 Å². The van der Waals surface area contributed by atoms with Crippen molar-refractivity contribution in [2.24, 2.45) is 0 Å². The van der Waals surface area contributed by atoms with Crippen LogP contribution in [0.15, 0.2) is 24.3 Å². The lowest BCUT2D eigenvalue weighted by molar-refractivity contribution is -0.116. The third kappa shape index (κ3) is 5.07. The van der Waals surface area contributed by atoms with Crippen molar-refractivity contribution in [1.82, 2.24) is 4.90 Å². The third-order valence-electron chi connectivity index (χ3n) is 3.72. The molecule has 1 atom stereocenters. The highest BCUT2D eigenvalue weighted by molar-refractivity contribution is 7.99. The van der Waals surface area contributed by atoms with Crippen molar-refractivity contribution in [2.45, 2.75) is 25.3 Å². The van der Waals surface area contributed by atoms with Gasteiger partial charge in [0.25, 0.3) is 0 Å². The van der Waals surface area contributed by atoms with Crippen molar-refractivity contribution in [1.29, 1.82) is 5.26 Å². The molecule has 1 heterocycles. The SMILES string of the molecule is CN(CCCC(=O)Nc1cccc(C#N)c1)C1CCSC1.